The van der Waals surface area contributed by atoms with Gasteiger partial charge < -0.3 is 20.9 Å². The zero-order valence-electron chi connectivity index (χ0n) is 10.7. The first-order valence-electron chi connectivity index (χ1n) is 6.54. The van der Waals surface area contributed by atoms with E-state index in [4.69, 9.17) is 0 Å². The van der Waals surface area contributed by atoms with Crippen LogP contribution in [0.4, 0.5) is 11.6 Å². The van der Waals surface area contributed by atoms with Crippen molar-refractivity contribution in [1.82, 2.24) is 20.2 Å². The fraction of sp³-hybridized carbons (Fsp3) is 0.667. The third-order valence-corrected chi connectivity index (χ3v) is 3.54. The van der Waals surface area contributed by atoms with Crippen LogP contribution in [0, 0.1) is 0 Å². The molecule has 18 heavy (non-hydrogen) atoms. The number of hydrogen-bond acceptors (Lipinski definition) is 6. The molecule has 2 aliphatic rings. The van der Waals surface area contributed by atoms with Gasteiger partial charge in [0.05, 0.1) is 6.04 Å². The molecule has 3 rings (SSSR count). The van der Waals surface area contributed by atoms with E-state index >= 15 is 0 Å². The molecule has 3 heterocycles. The summed E-state index contributed by atoms with van der Waals surface area (Å²) in [6, 6.07) is 3.00. The quantitative estimate of drug-likeness (QED) is 0.696. The van der Waals surface area contributed by atoms with Crippen molar-refractivity contribution in [2.45, 2.75) is 18.5 Å². The summed E-state index contributed by atoms with van der Waals surface area (Å²) in [4.78, 5) is 10.9. The minimum absolute atomic E-state index is 0.503. The summed E-state index contributed by atoms with van der Waals surface area (Å²) in [6.45, 7) is 4.27. The van der Waals surface area contributed by atoms with Crippen LogP contribution in [0.1, 0.15) is 6.42 Å². The Bertz CT molecular complexity index is 405. The zero-order valence-corrected chi connectivity index (χ0v) is 10.7. The van der Waals surface area contributed by atoms with Crippen molar-refractivity contribution >= 4 is 11.6 Å². The van der Waals surface area contributed by atoms with Gasteiger partial charge in [0.25, 0.3) is 0 Å². The molecule has 0 saturated carbocycles. The van der Waals surface area contributed by atoms with E-state index in [0.29, 0.717) is 12.1 Å². The molecule has 2 aliphatic heterocycles. The summed E-state index contributed by atoms with van der Waals surface area (Å²) in [5, 5.41) is 10.1. The summed E-state index contributed by atoms with van der Waals surface area (Å²) in [5.74, 6) is 1.82. The van der Waals surface area contributed by atoms with E-state index in [0.717, 1.165) is 37.8 Å². The molecule has 6 nitrogen and oxygen atoms in total. The Labute approximate surface area is 107 Å². The molecule has 0 bridgehead atoms. The number of likely N-dealkylation sites (N-methyl/N-ethyl adjacent to an activating group) is 1. The predicted octanol–water partition coefficient (Wildman–Crippen LogP) is -0.0237. The van der Waals surface area contributed by atoms with Crippen LogP contribution in [0.2, 0.25) is 0 Å². The minimum atomic E-state index is 0.503. The number of aromatic nitrogens is 2. The highest BCUT2D eigenvalue weighted by atomic mass is 15.2. The molecule has 0 radical (unpaired) electrons. The molecule has 1 atom stereocenters. The van der Waals surface area contributed by atoms with Gasteiger partial charge in [0, 0.05) is 31.7 Å². The maximum Gasteiger partial charge on any atom is 0.131 e. The van der Waals surface area contributed by atoms with E-state index in [2.05, 4.69) is 37.9 Å². The highest BCUT2D eigenvalue weighted by Gasteiger charge is 2.20. The number of anilines is 2. The second-order valence-corrected chi connectivity index (χ2v) is 5.18. The topological polar surface area (TPSA) is 65.1 Å². The molecular formula is C12H20N6. The Balaban J connectivity index is 1.59. The van der Waals surface area contributed by atoms with Gasteiger partial charge in [-0.15, -0.1) is 0 Å². The molecule has 1 unspecified atom stereocenters. The number of nitrogens with one attached hydrogen (secondary N) is 3. The lowest BCUT2D eigenvalue weighted by Crippen LogP contribution is -2.51. The summed E-state index contributed by atoms with van der Waals surface area (Å²) >= 11 is 0. The van der Waals surface area contributed by atoms with E-state index < -0.39 is 0 Å². The van der Waals surface area contributed by atoms with Crippen LogP contribution in [0.15, 0.2) is 12.4 Å². The number of likely N-dealkylation sites (tertiary alicyclic amines) is 1. The molecule has 0 aliphatic carbocycles. The first-order valence-corrected chi connectivity index (χ1v) is 6.54. The second kappa shape index (κ2) is 5.07. The highest BCUT2D eigenvalue weighted by molar-refractivity contribution is 5.48. The Kier molecular flexibility index (Phi) is 3.29. The van der Waals surface area contributed by atoms with Crippen LogP contribution in [0.5, 0.6) is 0 Å². The molecule has 2 saturated heterocycles. The highest BCUT2D eigenvalue weighted by Crippen LogP contribution is 2.15. The lowest BCUT2D eigenvalue weighted by atomic mass is 10.2. The maximum atomic E-state index is 4.28. The van der Waals surface area contributed by atoms with Crippen molar-refractivity contribution in [1.29, 1.82) is 0 Å². The van der Waals surface area contributed by atoms with E-state index in [-0.39, 0.29) is 0 Å². The number of hydrogen-bond donors (Lipinski definition) is 3. The van der Waals surface area contributed by atoms with Gasteiger partial charge in [-0.2, -0.15) is 0 Å². The van der Waals surface area contributed by atoms with Crippen LogP contribution in [0.25, 0.3) is 0 Å². The summed E-state index contributed by atoms with van der Waals surface area (Å²) in [6.07, 6.45) is 2.80. The fourth-order valence-corrected chi connectivity index (χ4v) is 2.38. The molecule has 2 fully saturated rings. The first-order chi connectivity index (χ1) is 8.79. The van der Waals surface area contributed by atoms with Crippen LogP contribution in [0.3, 0.4) is 0 Å². The zero-order chi connectivity index (χ0) is 12.4. The van der Waals surface area contributed by atoms with Crippen LogP contribution in [-0.2, 0) is 0 Å². The molecule has 0 spiro atoms. The predicted molar refractivity (Wildman–Crippen MR) is 71.8 cm³/mol. The summed E-state index contributed by atoms with van der Waals surface area (Å²) in [7, 11) is 2.15. The Morgan fingerprint density at radius 3 is 2.50 bits per heavy atom. The average Bonchev–Trinajstić information content (AvgIpc) is 2.70. The molecule has 6 heteroatoms. The van der Waals surface area contributed by atoms with E-state index in [9.17, 15) is 0 Å². The van der Waals surface area contributed by atoms with Crippen molar-refractivity contribution in [3.8, 4) is 0 Å². The SMILES string of the molecule is CN1CCC(Nc2cc(NC3CNC3)ncn2)C1. The Morgan fingerprint density at radius 1 is 1.22 bits per heavy atom. The molecule has 3 N–H and O–H groups in total. The van der Waals surface area contributed by atoms with E-state index in [1.807, 2.05) is 6.07 Å². The van der Waals surface area contributed by atoms with Crippen LogP contribution < -0.4 is 16.0 Å². The van der Waals surface area contributed by atoms with Crippen molar-refractivity contribution in [2.24, 2.45) is 0 Å². The standard InChI is InChI=1S/C12H20N6/c1-18-3-2-9(7-18)16-11-4-12(15-8-14-11)17-10-5-13-6-10/h4,8-10,13H,2-3,5-7H2,1H3,(H2,14,15,16,17). The fourth-order valence-electron chi connectivity index (χ4n) is 2.38. The maximum absolute atomic E-state index is 4.28. The lowest BCUT2D eigenvalue weighted by molar-refractivity contribution is 0.414. The van der Waals surface area contributed by atoms with Crippen LogP contribution >= 0.6 is 0 Å². The van der Waals surface area contributed by atoms with Crippen molar-refractivity contribution in [3.63, 3.8) is 0 Å². The van der Waals surface area contributed by atoms with Gasteiger partial charge in [0.2, 0.25) is 0 Å². The molecule has 1 aromatic rings. The second-order valence-electron chi connectivity index (χ2n) is 5.18. The lowest BCUT2D eigenvalue weighted by Gasteiger charge is -2.28. The molecular weight excluding hydrogens is 228 g/mol. The number of nitrogens with zero attached hydrogens (tertiary/aromatic N) is 3. The molecule has 1 aromatic heterocycles. The molecule has 0 aromatic carbocycles. The third-order valence-electron chi connectivity index (χ3n) is 3.54. The van der Waals surface area contributed by atoms with Gasteiger partial charge in [-0.05, 0) is 20.0 Å². The van der Waals surface area contributed by atoms with E-state index in [1.54, 1.807) is 6.33 Å². The minimum Gasteiger partial charge on any atom is -0.366 e. The number of rotatable bonds is 4. The Hall–Kier alpha value is -1.40. The Morgan fingerprint density at radius 2 is 1.94 bits per heavy atom. The van der Waals surface area contributed by atoms with Gasteiger partial charge in [0.1, 0.15) is 18.0 Å². The van der Waals surface area contributed by atoms with Gasteiger partial charge in [-0.3, -0.25) is 0 Å². The largest absolute Gasteiger partial charge is 0.366 e. The van der Waals surface area contributed by atoms with Gasteiger partial charge in [-0.1, -0.05) is 0 Å². The van der Waals surface area contributed by atoms with Gasteiger partial charge >= 0.3 is 0 Å². The monoisotopic (exact) mass is 248 g/mol. The van der Waals surface area contributed by atoms with E-state index in [1.165, 1.54) is 6.42 Å². The smallest absolute Gasteiger partial charge is 0.131 e. The van der Waals surface area contributed by atoms with Gasteiger partial charge in [-0.25, -0.2) is 9.97 Å². The normalized spacial score (nSPS) is 24.8. The summed E-state index contributed by atoms with van der Waals surface area (Å²) in [5.41, 5.74) is 0. The van der Waals surface area contributed by atoms with Crippen molar-refractivity contribution < 1.29 is 0 Å². The van der Waals surface area contributed by atoms with Crippen molar-refractivity contribution in [3.05, 3.63) is 12.4 Å². The average molecular weight is 248 g/mol. The van der Waals surface area contributed by atoms with Gasteiger partial charge in [0.15, 0.2) is 0 Å². The van der Waals surface area contributed by atoms with Crippen LogP contribution in [-0.4, -0.2) is 60.2 Å². The summed E-state index contributed by atoms with van der Waals surface area (Å²) < 4.78 is 0. The molecule has 0 amide bonds. The third kappa shape index (κ3) is 2.70. The molecule has 98 valence electrons. The van der Waals surface area contributed by atoms with Crippen molar-refractivity contribution in [2.75, 3.05) is 43.9 Å². The first kappa shape index (κ1) is 11.7.